The molecule has 2 aromatic heterocycles. The van der Waals surface area contributed by atoms with Gasteiger partial charge in [-0.15, -0.1) is 0 Å². The van der Waals surface area contributed by atoms with Crippen molar-refractivity contribution >= 4 is 60.7 Å². The largest absolute Gasteiger partial charge is 0.313 e. The van der Waals surface area contributed by atoms with E-state index >= 15 is 0 Å². The Morgan fingerprint density at radius 1 is 0.560 bits per heavy atom. The summed E-state index contributed by atoms with van der Waals surface area (Å²) < 4.78 is 4.96. The monoisotopic (exact) mass is 643 g/mol. The number of aromatic nitrogens is 2. The standard InChI is InChI=1S/C47H37N3/c1-4-14-32(15-5-1)42-30-37(31-43(48-42)33-16-6-2-7-17-33)50-45-23-13-11-21-39(45)41-29-35(25-27-47(41)50)34-24-26-46-40(28-34)38-20-10-12-22-44(38)49(46)36-18-8-3-9-19-36/h1,3-6,8,10-18,20-29,31,42H,2,7,9,19,30H2. The lowest BCUT2D eigenvalue weighted by atomic mass is 9.94. The first kappa shape index (κ1) is 29.0. The maximum atomic E-state index is 5.33. The molecule has 3 heteroatoms. The van der Waals surface area contributed by atoms with Crippen LogP contribution in [0, 0.1) is 0 Å². The Labute approximate surface area is 292 Å². The quantitative estimate of drug-likeness (QED) is 0.178. The van der Waals surface area contributed by atoms with Crippen LogP contribution in [0.25, 0.3) is 66.1 Å². The summed E-state index contributed by atoms with van der Waals surface area (Å²) in [7, 11) is 0. The second kappa shape index (κ2) is 11.9. The summed E-state index contributed by atoms with van der Waals surface area (Å²) in [4.78, 5) is 5.33. The number of fused-ring (bicyclic) bond motifs is 6. The third-order valence-corrected chi connectivity index (χ3v) is 10.7. The molecule has 0 saturated carbocycles. The number of hydrogen-bond acceptors (Lipinski definition) is 1. The van der Waals surface area contributed by atoms with Gasteiger partial charge < -0.3 is 9.13 Å². The molecule has 1 atom stereocenters. The van der Waals surface area contributed by atoms with E-state index in [-0.39, 0.29) is 6.04 Å². The number of rotatable bonds is 5. The highest BCUT2D eigenvalue weighted by molar-refractivity contribution is 6.17. The molecule has 0 radical (unpaired) electrons. The summed E-state index contributed by atoms with van der Waals surface area (Å²) in [5, 5.41) is 5.15. The number of benzene rings is 5. The summed E-state index contributed by atoms with van der Waals surface area (Å²) in [6, 6.07) is 42.7. The Balaban J connectivity index is 1.13. The maximum Gasteiger partial charge on any atom is 0.0811 e. The van der Waals surface area contributed by atoms with Crippen LogP contribution in [0.4, 0.5) is 0 Å². The first-order chi connectivity index (χ1) is 24.8. The second-order valence-electron chi connectivity index (χ2n) is 13.7. The zero-order chi connectivity index (χ0) is 33.0. The van der Waals surface area contributed by atoms with Crippen LogP contribution in [0.15, 0.2) is 168 Å². The van der Waals surface area contributed by atoms with Crippen LogP contribution in [-0.2, 0) is 0 Å². The van der Waals surface area contributed by atoms with Crippen molar-refractivity contribution in [3.63, 3.8) is 0 Å². The highest BCUT2D eigenvalue weighted by atomic mass is 15.0. The van der Waals surface area contributed by atoms with Crippen LogP contribution in [0.1, 0.15) is 43.7 Å². The molecule has 2 aliphatic carbocycles. The molecule has 0 spiro atoms. The molecular formula is C47H37N3. The topological polar surface area (TPSA) is 22.2 Å². The van der Waals surface area contributed by atoms with Gasteiger partial charge in [0.1, 0.15) is 0 Å². The van der Waals surface area contributed by atoms with E-state index in [4.69, 9.17) is 4.99 Å². The Morgan fingerprint density at radius 3 is 1.84 bits per heavy atom. The van der Waals surface area contributed by atoms with Crippen molar-refractivity contribution in [1.82, 2.24) is 9.13 Å². The number of nitrogens with zero attached hydrogens (tertiary/aromatic N) is 3. The van der Waals surface area contributed by atoms with E-state index in [1.807, 2.05) is 0 Å². The van der Waals surface area contributed by atoms with Gasteiger partial charge in [-0.05, 0) is 96.5 Å². The fourth-order valence-corrected chi connectivity index (χ4v) is 8.35. The Bertz CT molecular complexity index is 2670. The minimum absolute atomic E-state index is 0.0622. The lowest BCUT2D eigenvalue weighted by molar-refractivity contribution is 0.730. The van der Waals surface area contributed by atoms with E-state index in [0.717, 1.165) is 37.8 Å². The molecule has 3 heterocycles. The minimum Gasteiger partial charge on any atom is -0.313 e. The minimum atomic E-state index is 0.0622. The van der Waals surface area contributed by atoms with Crippen molar-refractivity contribution in [2.24, 2.45) is 4.99 Å². The normalized spacial score (nSPS) is 17.7. The fraction of sp³-hybridized carbons (Fsp3) is 0.128. The smallest absolute Gasteiger partial charge is 0.0811 e. The molecule has 3 nitrogen and oxygen atoms in total. The van der Waals surface area contributed by atoms with Crippen LogP contribution in [0.5, 0.6) is 0 Å². The van der Waals surface area contributed by atoms with E-state index in [0.29, 0.717) is 0 Å². The molecule has 7 aromatic rings. The predicted molar refractivity (Wildman–Crippen MR) is 212 cm³/mol. The van der Waals surface area contributed by atoms with Crippen molar-refractivity contribution in [1.29, 1.82) is 0 Å². The first-order valence-corrected chi connectivity index (χ1v) is 17.9. The molecule has 0 N–H and O–H groups in total. The Hall–Kier alpha value is -5.93. The first-order valence-electron chi connectivity index (χ1n) is 17.9. The number of para-hydroxylation sites is 2. The molecule has 10 rings (SSSR count). The van der Waals surface area contributed by atoms with Crippen molar-refractivity contribution in [3.05, 3.63) is 169 Å². The number of hydrogen-bond donors (Lipinski definition) is 0. The number of dihydropyridines is 1. The van der Waals surface area contributed by atoms with Gasteiger partial charge in [-0.1, -0.05) is 109 Å². The summed E-state index contributed by atoms with van der Waals surface area (Å²) in [6.45, 7) is 0. The van der Waals surface area contributed by atoms with Crippen molar-refractivity contribution < 1.29 is 0 Å². The molecule has 0 saturated heterocycles. The molecule has 240 valence electrons. The van der Waals surface area contributed by atoms with E-state index in [9.17, 15) is 0 Å². The predicted octanol–water partition coefficient (Wildman–Crippen LogP) is 12.5. The average molecular weight is 644 g/mol. The van der Waals surface area contributed by atoms with Gasteiger partial charge >= 0.3 is 0 Å². The van der Waals surface area contributed by atoms with Gasteiger partial charge in [0.15, 0.2) is 0 Å². The highest BCUT2D eigenvalue weighted by Crippen LogP contribution is 2.41. The molecule has 0 fully saturated rings. The molecule has 1 aliphatic heterocycles. The zero-order valence-corrected chi connectivity index (χ0v) is 28.0. The van der Waals surface area contributed by atoms with E-state index in [1.165, 1.54) is 77.3 Å². The van der Waals surface area contributed by atoms with E-state index in [1.54, 1.807) is 0 Å². The SMILES string of the molecule is C1=CCCC(n2c3ccccc3c3cc(-c4ccc5c(c4)c4ccccc4n5C4=CC(C5=CCCC=C5)=NC(c5ccccc5)C4)ccc32)=C1. The summed E-state index contributed by atoms with van der Waals surface area (Å²) in [6.07, 6.45) is 21.1. The third kappa shape index (κ3) is 4.76. The average Bonchev–Trinajstić information content (AvgIpc) is 3.71. The van der Waals surface area contributed by atoms with Crippen LogP contribution in [0.3, 0.4) is 0 Å². The molecule has 0 amide bonds. The van der Waals surface area contributed by atoms with E-state index < -0.39 is 0 Å². The Morgan fingerprint density at radius 2 is 1.20 bits per heavy atom. The van der Waals surface area contributed by atoms with Crippen molar-refractivity contribution in [2.75, 3.05) is 0 Å². The fourth-order valence-electron chi connectivity index (χ4n) is 8.35. The van der Waals surface area contributed by atoms with Gasteiger partial charge in [0, 0.05) is 39.4 Å². The third-order valence-electron chi connectivity index (χ3n) is 10.7. The molecule has 1 unspecified atom stereocenters. The van der Waals surface area contributed by atoms with Crippen molar-refractivity contribution in [2.45, 2.75) is 38.1 Å². The lowest BCUT2D eigenvalue weighted by Gasteiger charge is -2.24. The van der Waals surface area contributed by atoms with Gasteiger partial charge in [0.2, 0.25) is 0 Å². The van der Waals surface area contributed by atoms with Crippen LogP contribution in [-0.4, -0.2) is 14.8 Å². The molecular weight excluding hydrogens is 607 g/mol. The zero-order valence-electron chi connectivity index (χ0n) is 28.0. The second-order valence-corrected chi connectivity index (χ2v) is 13.7. The Kier molecular flexibility index (Phi) is 6.90. The van der Waals surface area contributed by atoms with Gasteiger partial charge in [-0.2, -0.15) is 0 Å². The van der Waals surface area contributed by atoms with E-state index in [2.05, 4.69) is 167 Å². The molecule has 5 aromatic carbocycles. The van der Waals surface area contributed by atoms with Gasteiger partial charge in [-0.25, -0.2) is 0 Å². The summed E-state index contributed by atoms with van der Waals surface area (Å²) in [5.74, 6) is 0. The van der Waals surface area contributed by atoms with Gasteiger partial charge in [-0.3, -0.25) is 4.99 Å². The molecule has 50 heavy (non-hydrogen) atoms. The van der Waals surface area contributed by atoms with Crippen LogP contribution < -0.4 is 0 Å². The van der Waals surface area contributed by atoms with Gasteiger partial charge in [0.25, 0.3) is 0 Å². The summed E-state index contributed by atoms with van der Waals surface area (Å²) >= 11 is 0. The molecule has 3 aliphatic rings. The van der Waals surface area contributed by atoms with Crippen LogP contribution >= 0.6 is 0 Å². The van der Waals surface area contributed by atoms with Gasteiger partial charge in [0.05, 0.1) is 33.8 Å². The molecule has 0 bridgehead atoms. The number of aliphatic imine (C=N–C) groups is 1. The number of allylic oxidation sites excluding steroid dienone is 9. The van der Waals surface area contributed by atoms with Crippen molar-refractivity contribution in [3.8, 4) is 11.1 Å². The summed E-state index contributed by atoms with van der Waals surface area (Å²) in [5.41, 5.74) is 13.7. The van der Waals surface area contributed by atoms with Crippen LogP contribution in [0.2, 0.25) is 0 Å². The lowest BCUT2D eigenvalue weighted by Crippen LogP contribution is -2.14. The maximum absolute atomic E-state index is 5.33. The highest BCUT2D eigenvalue weighted by Gasteiger charge is 2.24.